The van der Waals surface area contributed by atoms with Crippen LogP contribution in [0, 0.1) is 0 Å². The number of hydrogen-bond donors (Lipinski definition) is 2. The highest BCUT2D eigenvalue weighted by atomic mass is 35.5. The zero-order chi connectivity index (χ0) is 23.1. The van der Waals surface area contributed by atoms with E-state index in [2.05, 4.69) is 5.32 Å². The maximum atomic E-state index is 13.6. The molecule has 0 spiro atoms. The van der Waals surface area contributed by atoms with Gasteiger partial charge < -0.3 is 10.0 Å². The van der Waals surface area contributed by atoms with E-state index in [1.54, 1.807) is 4.90 Å². The maximum Gasteiger partial charge on any atom is 0.353 e. The number of fused-ring (bicyclic) bond motifs is 1. The van der Waals surface area contributed by atoms with Gasteiger partial charge in [0.05, 0.1) is 11.2 Å². The first kappa shape index (κ1) is 22.0. The third kappa shape index (κ3) is 3.82. The van der Waals surface area contributed by atoms with E-state index in [9.17, 15) is 19.5 Å². The third-order valence-corrected chi connectivity index (χ3v) is 8.01. The van der Waals surface area contributed by atoms with Crippen molar-refractivity contribution in [1.29, 1.82) is 0 Å². The molecule has 5 rings (SSSR count). The Morgan fingerprint density at radius 2 is 1.73 bits per heavy atom. The van der Waals surface area contributed by atoms with Gasteiger partial charge in [-0.2, -0.15) is 0 Å². The lowest BCUT2D eigenvalue weighted by Gasteiger charge is -2.52. The van der Waals surface area contributed by atoms with Gasteiger partial charge in [0.25, 0.3) is 5.91 Å². The number of carboxylic acids is 1. The molecule has 2 aromatic carbocycles. The summed E-state index contributed by atoms with van der Waals surface area (Å²) in [6.45, 7) is 0. The lowest BCUT2D eigenvalue weighted by molar-refractivity contribution is -0.160. The van der Waals surface area contributed by atoms with E-state index in [-0.39, 0.29) is 22.8 Å². The highest BCUT2D eigenvalue weighted by molar-refractivity contribution is 8.00. The Morgan fingerprint density at radius 3 is 2.39 bits per heavy atom. The van der Waals surface area contributed by atoms with Crippen LogP contribution in [-0.4, -0.2) is 56.0 Å². The monoisotopic (exact) mass is 483 g/mol. The van der Waals surface area contributed by atoms with Gasteiger partial charge in [0.2, 0.25) is 5.91 Å². The molecule has 0 aliphatic carbocycles. The molecule has 2 amide bonds. The van der Waals surface area contributed by atoms with E-state index in [4.69, 9.17) is 11.6 Å². The smallest absolute Gasteiger partial charge is 0.353 e. The zero-order valence-corrected chi connectivity index (χ0v) is 19.1. The summed E-state index contributed by atoms with van der Waals surface area (Å²) in [6.07, 6.45) is 1.01. The second-order valence-electron chi connectivity index (χ2n) is 8.21. The van der Waals surface area contributed by atoms with Crippen molar-refractivity contribution < 1.29 is 19.5 Å². The van der Waals surface area contributed by atoms with Crippen molar-refractivity contribution in [2.24, 2.45) is 0 Å². The van der Waals surface area contributed by atoms with Crippen LogP contribution >= 0.6 is 23.4 Å². The van der Waals surface area contributed by atoms with E-state index in [1.807, 2.05) is 60.7 Å². The molecular weight excluding hydrogens is 462 g/mol. The fourth-order valence-electron chi connectivity index (χ4n) is 4.72. The van der Waals surface area contributed by atoms with Crippen LogP contribution < -0.4 is 5.32 Å². The molecule has 33 heavy (non-hydrogen) atoms. The second-order valence-corrected chi connectivity index (χ2v) is 9.77. The molecule has 3 heterocycles. The number of amides is 2. The summed E-state index contributed by atoms with van der Waals surface area (Å²) < 4.78 is 0. The number of thioether (sulfide) groups is 1. The number of benzene rings is 2. The van der Waals surface area contributed by atoms with Crippen molar-refractivity contribution >= 4 is 41.1 Å². The van der Waals surface area contributed by atoms with Gasteiger partial charge in [-0.3, -0.25) is 19.8 Å². The number of rotatable bonds is 6. The molecule has 4 atom stereocenters. The van der Waals surface area contributed by atoms with Crippen molar-refractivity contribution in [2.45, 2.75) is 36.5 Å². The van der Waals surface area contributed by atoms with Crippen LogP contribution in [0.25, 0.3) is 0 Å². The Bertz CT molecular complexity index is 1130. The van der Waals surface area contributed by atoms with E-state index in [0.717, 1.165) is 17.5 Å². The number of aliphatic carboxylic acids is 1. The minimum atomic E-state index is -1.23. The number of halogens is 1. The predicted octanol–water partition coefficient (Wildman–Crippen LogP) is 2.94. The minimum absolute atomic E-state index is 0.143. The van der Waals surface area contributed by atoms with Gasteiger partial charge in [0.15, 0.2) is 0 Å². The van der Waals surface area contributed by atoms with Crippen LogP contribution in [0.2, 0.25) is 0 Å². The van der Waals surface area contributed by atoms with Crippen LogP contribution in [0.15, 0.2) is 71.4 Å². The van der Waals surface area contributed by atoms with Gasteiger partial charge >= 0.3 is 5.97 Å². The average Bonchev–Trinajstić information content (AvgIpc) is 3.14. The number of carboxylic acid groups (broad SMARTS) is 1. The number of hydrogen-bond acceptors (Lipinski definition) is 5. The largest absolute Gasteiger partial charge is 0.477 e. The fraction of sp³-hybridized carbons (Fsp3) is 0.292. The number of carbonyl (C=O) groups excluding carboxylic acids is 2. The van der Waals surface area contributed by atoms with Crippen molar-refractivity contribution in [3.63, 3.8) is 0 Å². The molecule has 0 bridgehead atoms. The number of nitrogens with zero attached hydrogens (tertiary/aromatic N) is 2. The molecule has 2 fully saturated rings. The number of β-lactam (4-membered cyclic amide) rings is 1. The highest BCUT2D eigenvalue weighted by Gasteiger charge is 2.60. The van der Waals surface area contributed by atoms with Crippen LogP contribution in [0.4, 0.5) is 0 Å². The Morgan fingerprint density at radius 1 is 1.06 bits per heavy atom. The van der Waals surface area contributed by atoms with Gasteiger partial charge in [0, 0.05) is 5.75 Å². The van der Waals surface area contributed by atoms with Crippen molar-refractivity contribution in [2.75, 3.05) is 5.75 Å². The first-order valence-corrected chi connectivity index (χ1v) is 12.1. The Hall–Kier alpha value is -2.81. The van der Waals surface area contributed by atoms with E-state index < -0.39 is 29.3 Å². The summed E-state index contributed by atoms with van der Waals surface area (Å²) in [5.41, 5.74) is 1.80. The average molecular weight is 484 g/mol. The first-order valence-electron chi connectivity index (χ1n) is 10.7. The summed E-state index contributed by atoms with van der Waals surface area (Å²) in [6, 6.07) is 18.1. The Kier molecular flexibility index (Phi) is 5.90. The van der Waals surface area contributed by atoms with Gasteiger partial charge in [-0.05, 0) is 24.0 Å². The summed E-state index contributed by atoms with van der Waals surface area (Å²) in [4.78, 5) is 41.4. The summed E-state index contributed by atoms with van der Waals surface area (Å²) in [7, 11) is 0. The molecule has 2 N–H and O–H groups in total. The zero-order valence-electron chi connectivity index (χ0n) is 17.6. The summed E-state index contributed by atoms with van der Waals surface area (Å²) in [5, 5.41) is 12.7. The molecule has 9 heteroatoms. The van der Waals surface area contributed by atoms with Gasteiger partial charge in [0.1, 0.15) is 23.2 Å². The first-order chi connectivity index (χ1) is 16.0. The predicted molar refractivity (Wildman–Crippen MR) is 125 cm³/mol. The molecule has 0 aromatic heterocycles. The highest BCUT2D eigenvalue weighted by Crippen LogP contribution is 2.45. The molecule has 2 saturated heterocycles. The fourth-order valence-corrected chi connectivity index (χ4v) is 6.32. The Labute approximate surface area is 200 Å². The van der Waals surface area contributed by atoms with E-state index >= 15 is 0 Å². The standard InChI is InChI=1S/C24H22ClN3O4S/c25-16-13-33-23-20(22(30)28(23)19(16)24(31)32)27-17(12-11-14-7-3-1-4-8-14)26-18(21(27)29)15-9-5-2-6-10-15/h1-10,17-18,20,23,26H,11-13H2,(H,31,32)/t17?,18?,20-,23+/m1/s1. The maximum absolute atomic E-state index is 13.6. The molecule has 0 radical (unpaired) electrons. The van der Waals surface area contributed by atoms with E-state index in [0.29, 0.717) is 12.2 Å². The summed E-state index contributed by atoms with van der Waals surface area (Å²) in [5.74, 6) is -1.52. The molecule has 170 valence electrons. The normalized spacial score (nSPS) is 26.9. The van der Waals surface area contributed by atoms with Crippen LogP contribution in [0.1, 0.15) is 23.6 Å². The molecule has 2 aromatic rings. The third-order valence-electron chi connectivity index (χ3n) is 6.27. The van der Waals surface area contributed by atoms with E-state index in [1.165, 1.54) is 16.7 Å². The molecule has 2 unspecified atom stereocenters. The van der Waals surface area contributed by atoms with Crippen LogP contribution in [0.5, 0.6) is 0 Å². The topological polar surface area (TPSA) is 90.0 Å². The second kappa shape index (κ2) is 8.85. The lowest BCUT2D eigenvalue weighted by atomic mass is 10.0. The Balaban J connectivity index is 1.43. The van der Waals surface area contributed by atoms with Crippen LogP contribution in [-0.2, 0) is 20.8 Å². The van der Waals surface area contributed by atoms with Gasteiger partial charge in [-0.25, -0.2) is 4.79 Å². The van der Waals surface area contributed by atoms with Crippen LogP contribution in [0.3, 0.4) is 0 Å². The SMILES string of the molecule is O=C(O)C1=C(Cl)CS[C@H]2[C@H](N3C(=O)C(c4ccccc4)NC3CCc3ccccc3)C(=O)N12. The molecule has 7 nitrogen and oxygen atoms in total. The molecule has 3 aliphatic heterocycles. The van der Waals surface area contributed by atoms with Gasteiger partial charge in [-0.1, -0.05) is 72.3 Å². The van der Waals surface area contributed by atoms with Crippen molar-refractivity contribution in [3.05, 3.63) is 82.5 Å². The quantitative estimate of drug-likeness (QED) is 0.614. The number of aryl methyl sites for hydroxylation is 1. The number of nitrogens with one attached hydrogen (secondary N) is 1. The molecular formula is C24H22ClN3O4S. The lowest BCUT2D eigenvalue weighted by Crippen LogP contribution is -2.72. The van der Waals surface area contributed by atoms with Crippen molar-refractivity contribution in [1.82, 2.24) is 15.1 Å². The number of carbonyl (C=O) groups is 3. The molecule has 0 saturated carbocycles. The van der Waals surface area contributed by atoms with Gasteiger partial charge in [-0.15, -0.1) is 11.8 Å². The summed E-state index contributed by atoms with van der Waals surface area (Å²) >= 11 is 7.50. The van der Waals surface area contributed by atoms with Crippen molar-refractivity contribution in [3.8, 4) is 0 Å². The minimum Gasteiger partial charge on any atom is -0.477 e. The molecule has 3 aliphatic rings.